The summed E-state index contributed by atoms with van der Waals surface area (Å²) >= 11 is 9.44. The van der Waals surface area contributed by atoms with E-state index < -0.39 is 10.0 Å². The van der Waals surface area contributed by atoms with Gasteiger partial charge >= 0.3 is 0 Å². The summed E-state index contributed by atoms with van der Waals surface area (Å²) in [7, 11) is -3.45. The smallest absolute Gasteiger partial charge is 0.243 e. The number of fused-ring (bicyclic) bond motifs is 1. The lowest BCUT2D eigenvalue weighted by molar-refractivity contribution is 0.0988. The third-order valence-corrected chi connectivity index (χ3v) is 7.83. The lowest BCUT2D eigenvalue weighted by Crippen LogP contribution is -2.48. The number of anilines is 1. The molecule has 27 heavy (non-hydrogen) atoms. The van der Waals surface area contributed by atoms with Crippen molar-refractivity contribution in [2.75, 3.05) is 24.7 Å². The Bertz CT molecular complexity index is 928. The van der Waals surface area contributed by atoms with E-state index in [1.165, 1.54) is 0 Å². The molecule has 2 aromatic rings. The van der Waals surface area contributed by atoms with Gasteiger partial charge in [-0.3, -0.25) is 0 Å². The first-order valence-electron chi connectivity index (χ1n) is 8.84. The van der Waals surface area contributed by atoms with Gasteiger partial charge in [0, 0.05) is 39.9 Å². The zero-order valence-corrected chi connectivity index (χ0v) is 17.8. The average Bonchev–Trinajstić information content (AvgIpc) is 2.68. The van der Waals surface area contributed by atoms with Gasteiger partial charge in [0.15, 0.2) is 0 Å². The first-order chi connectivity index (χ1) is 12.9. The van der Waals surface area contributed by atoms with Crippen molar-refractivity contribution >= 4 is 43.2 Å². The first kappa shape index (κ1) is 19.2. The largest absolute Gasteiger partial charge is 0.356 e. The minimum Gasteiger partial charge on any atom is -0.356 e. The number of hydrogen-bond acceptors (Lipinski definition) is 4. The van der Waals surface area contributed by atoms with Crippen molar-refractivity contribution in [1.82, 2.24) is 4.31 Å². The van der Waals surface area contributed by atoms with Crippen LogP contribution in [0.25, 0.3) is 0 Å². The zero-order chi connectivity index (χ0) is 19.0. The van der Waals surface area contributed by atoms with E-state index in [1.54, 1.807) is 28.6 Å². The van der Waals surface area contributed by atoms with Crippen LogP contribution >= 0.6 is 27.5 Å². The van der Waals surface area contributed by atoms with Gasteiger partial charge in [0.25, 0.3) is 0 Å². The molecule has 0 aromatic heterocycles. The number of halogens is 2. The van der Waals surface area contributed by atoms with Crippen LogP contribution in [0.1, 0.15) is 18.4 Å². The molecule has 0 radical (unpaired) electrons. The molecule has 0 unspecified atom stereocenters. The Balaban J connectivity index is 1.48. The summed E-state index contributed by atoms with van der Waals surface area (Å²) in [6.45, 7) is 2.09. The molecule has 144 valence electrons. The molecule has 2 heterocycles. The number of piperidine rings is 1. The molecule has 1 saturated heterocycles. The van der Waals surface area contributed by atoms with E-state index >= 15 is 0 Å². The van der Waals surface area contributed by atoms with Crippen LogP contribution in [-0.2, 0) is 21.4 Å². The van der Waals surface area contributed by atoms with E-state index in [2.05, 4.69) is 20.8 Å². The molecule has 0 atom stereocenters. The summed E-state index contributed by atoms with van der Waals surface area (Å²) < 4.78 is 33.9. The van der Waals surface area contributed by atoms with Crippen LogP contribution in [0.5, 0.6) is 0 Å². The molecule has 0 saturated carbocycles. The van der Waals surface area contributed by atoms with Gasteiger partial charge in [-0.2, -0.15) is 4.31 Å². The maximum absolute atomic E-state index is 12.9. The van der Waals surface area contributed by atoms with Gasteiger partial charge in [0.05, 0.1) is 11.5 Å². The minimum atomic E-state index is -3.45. The fourth-order valence-corrected chi connectivity index (χ4v) is 5.65. The third-order valence-electron chi connectivity index (χ3n) is 5.15. The van der Waals surface area contributed by atoms with Crippen molar-refractivity contribution in [3.8, 4) is 0 Å². The summed E-state index contributed by atoms with van der Waals surface area (Å²) in [5.41, 5.74) is 2.22. The van der Waals surface area contributed by atoms with Crippen molar-refractivity contribution < 1.29 is 13.2 Å². The molecule has 0 spiro atoms. The first-order valence-corrected chi connectivity index (χ1v) is 11.4. The number of sulfonamides is 1. The summed E-state index contributed by atoms with van der Waals surface area (Å²) in [4.78, 5) is 2.57. The number of rotatable bonds is 3. The van der Waals surface area contributed by atoms with Gasteiger partial charge in [-0.05, 0) is 55.3 Å². The van der Waals surface area contributed by atoms with E-state index in [1.807, 2.05) is 18.2 Å². The van der Waals surface area contributed by atoms with E-state index in [0.29, 0.717) is 36.3 Å². The van der Waals surface area contributed by atoms with Crippen molar-refractivity contribution in [1.29, 1.82) is 0 Å². The van der Waals surface area contributed by atoms with Gasteiger partial charge in [-0.15, -0.1) is 0 Å². The predicted molar refractivity (Wildman–Crippen MR) is 110 cm³/mol. The van der Waals surface area contributed by atoms with Crippen molar-refractivity contribution in [3.63, 3.8) is 0 Å². The third kappa shape index (κ3) is 3.89. The van der Waals surface area contributed by atoms with Crippen LogP contribution in [0.3, 0.4) is 0 Å². The topological polar surface area (TPSA) is 49.9 Å². The average molecular weight is 472 g/mol. The van der Waals surface area contributed by atoms with Gasteiger partial charge in [0.1, 0.15) is 6.73 Å². The van der Waals surface area contributed by atoms with Gasteiger partial charge in [0.2, 0.25) is 10.0 Å². The molecular formula is C19H20BrClN2O3S. The number of hydrogen-bond donors (Lipinski definition) is 0. The minimum absolute atomic E-state index is 0.251. The number of nitrogens with zero attached hydrogens (tertiary/aromatic N) is 2. The van der Waals surface area contributed by atoms with Crippen LogP contribution in [0.4, 0.5) is 5.69 Å². The Kier molecular flexibility index (Phi) is 5.49. The lowest BCUT2D eigenvalue weighted by Gasteiger charge is -2.41. The molecule has 0 amide bonds. The fraction of sp³-hybridized carbons (Fsp3) is 0.368. The van der Waals surface area contributed by atoms with Gasteiger partial charge in [-0.1, -0.05) is 27.5 Å². The Morgan fingerprint density at radius 2 is 1.78 bits per heavy atom. The predicted octanol–water partition coefficient (Wildman–Crippen LogP) is 4.25. The van der Waals surface area contributed by atoms with Crippen LogP contribution in [0, 0.1) is 0 Å². The molecule has 4 rings (SSSR count). The molecule has 0 N–H and O–H groups in total. The summed E-state index contributed by atoms with van der Waals surface area (Å²) in [6, 6.07) is 12.9. The summed E-state index contributed by atoms with van der Waals surface area (Å²) in [5, 5.41) is 0.703. The second-order valence-corrected chi connectivity index (χ2v) is 10.1. The van der Waals surface area contributed by atoms with Gasteiger partial charge in [-0.25, -0.2) is 8.42 Å². The van der Waals surface area contributed by atoms with E-state index in [0.717, 1.165) is 28.6 Å². The second-order valence-electron chi connectivity index (χ2n) is 6.81. The molecule has 2 aromatic carbocycles. The Hall–Kier alpha value is -1.12. The number of ether oxygens (including phenoxy) is 1. The maximum atomic E-state index is 12.9. The summed E-state index contributed by atoms with van der Waals surface area (Å²) in [5.74, 6) is 0. The summed E-state index contributed by atoms with van der Waals surface area (Å²) in [6.07, 6.45) is 1.53. The molecule has 8 heteroatoms. The Morgan fingerprint density at radius 1 is 1.07 bits per heavy atom. The zero-order valence-electron chi connectivity index (χ0n) is 14.6. The van der Waals surface area contributed by atoms with Crippen LogP contribution in [0.2, 0.25) is 5.02 Å². The molecule has 2 aliphatic rings. The molecule has 0 aliphatic carbocycles. The number of benzene rings is 2. The quantitative estimate of drug-likeness (QED) is 0.671. The molecule has 2 aliphatic heterocycles. The maximum Gasteiger partial charge on any atom is 0.243 e. The lowest BCUT2D eigenvalue weighted by atomic mass is 10.0. The fourth-order valence-electron chi connectivity index (χ4n) is 3.73. The highest BCUT2D eigenvalue weighted by Crippen LogP contribution is 2.33. The van der Waals surface area contributed by atoms with Crippen molar-refractivity contribution in [2.45, 2.75) is 30.4 Å². The molecular weight excluding hydrogens is 452 g/mol. The van der Waals surface area contributed by atoms with E-state index in [-0.39, 0.29) is 6.04 Å². The monoisotopic (exact) mass is 470 g/mol. The van der Waals surface area contributed by atoms with Crippen molar-refractivity contribution in [2.24, 2.45) is 0 Å². The van der Waals surface area contributed by atoms with Gasteiger partial charge < -0.3 is 9.64 Å². The molecule has 5 nitrogen and oxygen atoms in total. The Morgan fingerprint density at radius 3 is 2.48 bits per heavy atom. The van der Waals surface area contributed by atoms with Crippen LogP contribution in [-0.4, -0.2) is 38.6 Å². The SMILES string of the molecule is O=S(=O)(c1ccc(Br)cc1)N1CCC(N2COCc3cc(Cl)ccc32)CC1. The van der Waals surface area contributed by atoms with Crippen molar-refractivity contribution in [3.05, 3.63) is 57.5 Å². The highest BCUT2D eigenvalue weighted by Gasteiger charge is 2.33. The highest BCUT2D eigenvalue weighted by molar-refractivity contribution is 9.10. The standard InChI is InChI=1S/C19H20BrClN2O3S/c20-15-1-4-18(5-2-15)27(24,25)22-9-7-17(8-10-22)23-13-26-12-14-11-16(21)3-6-19(14)23/h1-6,11,17H,7-10,12-13H2. The highest BCUT2D eigenvalue weighted by atomic mass is 79.9. The van der Waals surface area contributed by atoms with E-state index in [4.69, 9.17) is 16.3 Å². The van der Waals surface area contributed by atoms with Crippen LogP contribution in [0.15, 0.2) is 51.8 Å². The normalized spacial score (nSPS) is 19.1. The van der Waals surface area contributed by atoms with Crippen LogP contribution < -0.4 is 4.90 Å². The Labute approximate surface area is 173 Å². The molecule has 1 fully saturated rings. The second kappa shape index (κ2) is 7.72. The molecule has 0 bridgehead atoms. The van der Waals surface area contributed by atoms with E-state index in [9.17, 15) is 8.42 Å².